The minimum atomic E-state index is -2.41. The maximum Gasteiger partial charge on any atom is 0.252 e. The quantitative estimate of drug-likeness (QED) is 0.590. The molecule has 1 aromatic heterocycles. The molecule has 1 saturated carbocycles. The van der Waals surface area contributed by atoms with Crippen LogP contribution in [0.25, 0.3) is 0 Å². The van der Waals surface area contributed by atoms with E-state index in [9.17, 15) is 8.78 Å². The first-order chi connectivity index (χ1) is 5.17. The lowest BCUT2D eigenvalue weighted by Crippen LogP contribution is -2.36. The summed E-state index contributed by atoms with van der Waals surface area (Å²) in [5, 5.41) is 0. The maximum absolute atomic E-state index is 12.4. The van der Waals surface area contributed by atoms with Gasteiger partial charge in [-0.3, -0.25) is 0 Å². The second-order valence-electron chi connectivity index (χ2n) is 3.05. The third kappa shape index (κ3) is 1.15. The predicted molar refractivity (Wildman–Crippen MR) is 37.7 cm³/mol. The summed E-state index contributed by atoms with van der Waals surface area (Å²) in [5.41, 5.74) is 0. The third-order valence-corrected chi connectivity index (χ3v) is 2.12. The molecule has 0 N–H and O–H groups in total. The normalized spacial score (nSPS) is 23.1. The van der Waals surface area contributed by atoms with Gasteiger partial charge in [-0.15, -0.1) is 0 Å². The summed E-state index contributed by atoms with van der Waals surface area (Å²) in [6, 6.07) is 3.74. The van der Waals surface area contributed by atoms with Crippen molar-refractivity contribution in [1.29, 1.82) is 0 Å². The lowest BCUT2D eigenvalue weighted by molar-refractivity contribution is -0.104. The Hall–Kier alpha value is -0.860. The standard InChI is InChI=1S/C8H9F2N/c9-8(10)5-7(6-8)11-3-1-2-4-11/h1-4,7H,5-6H2. The zero-order valence-corrected chi connectivity index (χ0v) is 6.00. The fraction of sp³-hybridized carbons (Fsp3) is 0.500. The third-order valence-electron chi connectivity index (χ3n) is 2.12. The average Bonchev–Trinajstić information content (AvgIpc) is 2.32. The highest BCUT2D eigenvalue weighted by Gasteiger charge is 2.45. The summed E-state index contributed by atoms with van der Waals surface area (Å²) in [6.45, 7) is 0. The van der Waals surface area contributed by atoms with Crippen molar-refractivity contribution >= 4 is 0 Å². The van der Waals surface area contributed by atoms with Crippen molar-refractivity contribution < 1.29 is 8.78 Å². The van der Waals surface area contributed by atoms with Crippen LogP contribution in [0.3, 0.4) is 0 Å². The molecular weight excluding hydrogens is 148 g/mol. The Balaban J connectivity index is 2.03. The van der Waals surface area contributed by atoms with Gasteiger partial charge in [-0.05, 0) is 12.1 Å². The molecular formula is C8H9F2N. The van der Waals surface area contributed by atoms with Gasteiger partial charge in [0.25, 0.3) is 5.92 Å². The Morgan fingerprint density at radius 3 is 2.18 bits per heavy atom. The Morgan fingerprint density at radius 2 is 1.73 bits per heavy atom. The molecule has 0 atom stereocenters. The number of nitrogens with zero attached hydrogens (tertiary/aromatic N) is 1. The number of hydrogen-bond acceptors (Lipinski definition) is 0. The van der Waals surface area contributed by atoms with Gasteiger partial charge < -0.3 is 4.57 Å². The van der Waals surface area contributed by atoms with Crippen molar-refractivity contribution in [3.8, 4) is 0 Å². The van der Waals surface area contributed by atoms with Gasteiger partial charge in [-0.1, -0.05) is 0 Å². The second-order valence-corrected chi connectivity index (χ2v) is 3.05. The molecule has 1 fully saturated rings. The molecule has 60 valence electrons. The summed E-state index contributed by atoms with van der Waals surface area (Å²) >= 11 is 0. The highest BCUT2D eigenvalue weighted by Crippen LogP contribution is 2.45. The van der Waals surface area contributed by atoms with Crippen LogP contribution in [0.1, 0.15) is 18.9 Å². The molecule has 0 aromatic carbocycles. The first kappa shape index (κ1) is 6.83. The highest BCUT2D eigenvalue weighted by molar-refractivity contribution is 4.99. The lowest BCUT2D eigenvalue weighted by Gasteiger charge is -2.35. The summed E-state index contributed by atoms with van der Waals surface area (Å²) in [6.07, 6.45) is 3.67. The largest absolute Gasteiger partial charge is 0.351 e. The molecule has 1 nitrogen and oxygen atoms in total. The first-order valence-electron chi connectivity index (χ1n) is 3.68. The fourth-order valence-corrected chi connectivity index (χ4v) is 1.43. The van der Waals surface area contributed by atoms with Crippen LogP contribution in [0, 0.1) is 0 Å². The summed E-state index contributed by atoms with van der Waals surface area (Å²) < 4.78 is 26.6. The number of aromatic nitrogens is 1. The molecule has 3 heteroatoms. The van der Waals surface area contributed by atoms with Crippen LogP contribution >= 0.6 is 0 Å². The van der Waals surface area contributed by atoms with E-state index in [2.05, 4.69) is 0 Å². The van der Waals surface area contributed by atoms with E-state index in [1.807, 2.05) is 29.1 Å². The van der Waals surface area contributed by atoms with Gasteiger partial charge in [-0.2, -0.15) is 0 Å². The van der Waals surface area contributed by atoms with Crippen molar-refractivity contribution in [1.82, 2.24) is 4.57 Å². The Kier molecular flexibility index (Phi) is 1.28. The van der Waals surface area contributed by atoms with Crippen LogP contribution in [0.2, 0.25) is 0 Å². The maximum atomic E-state index is 12.4. The predicted octanol–water partition coefficient (Wildman–Crippen LogP) is 2.46. The molecule has 0 unspecified atom stereocenters. The zero-order chi connectivity index (χ0) is 7.90. The van der Waals surface area contributed by atoms with Crippen LogP contribution in [-0.4, -0.2) is 10.5 Å². The van der Waals surface area contributed by atoms with Crippen LogP contribution in [-0.2, 0) is 0 Å². The first-order valence-corrected chi connectivity index (χ1v) is 3.68. The zero-order valence-electron chi connectivity index (χ0n) is 6.00. The average molecular weight is 157 g/mol. The molecule has 1 heterocycles. The molecule has 0 aliphatic heterocycles. The Morgan fingerprint density at radius 1 is 1.18 bits per heavy atom. The van der Waals surface area contributed by atoms with Gasteiger partial charge in [0.15, 0.2) is 0 Å². The SMILES string of the molecule is FC1(F)CC(n2cccc2)C1. The van der Waals surface area contributed by atoms with Crippen molar-refractivity contribution in [2.24, 2.45) is 0 Å². The van der Waals surface area contributed by atoms with E-state index in [1.54, 1.807) is 0 Å². The molecule has 11 heavy (non-hydrogen) atoms. The summed E-state index contributed by atoms with van der Waals surface area (Å²) in [4.78, 5) is 0. The van der Waals surface area contributed by atoms with E-state index < -0.39 is 5.92 Å². The van der Waals surface area contributed by atoms with Crippen molar-refractivity contribution in [2.45, 2.75) is 24.8 Å². The lowest BCUT2D eigenvalue weighted by atomic mass is 9.88. The second kappa shape index (κ2) is 2.06. The molecule has 0 bridgehead atoms. The van der Waals surface area contributed by atoms with Gasteiger partial charge in [0.2, 0.25) is 0 Å². The van der Waals surface area contributed by atoms with Crippen LogP contribution in [0.5, 0.6) is 0 Å². The van der Waals surface area contributed by atoms with Crippen LogP contribution in [0.15, 0.2) is 24.5 Å². The van der Waals surface area contributed by atoms with E-state index in [0.717, 1.165) is 0 Å². The van der Waals surface area contributed by atoms with E-state index >= 15 is 0 Å². The summed E-state index contributed by atoms with van der Waals surface area (Å²) in [7, 11) is 0. The minimum Gasteiger partial charge on any atom is -0.351 e. The smallest absolute Gasteiger partial charge is 0.252 e. The summed E-state index contributed by atoms with van der Waals surface area (Å²) in [5.74, 6) is -2.41. The Bertz CT molecular complexity index is 233. The Labute approximate surface area is 63.6 Å². The van der Waals surface area contributed by atoms with Gasteiger partial charge in [0.05, 0.1) is 0 Å². The van der Waals surface area contributed by atoms with E-state index in [1.165, 1.54) is 0 Å². The minimum absolute atomic E-state index is 0.00167. The van der Waals surface area contributed by atoms with E-state index in [0.29, 0.717) is 0 Å². The van der Waals surface area contributed by atoms with Crippen molar-refractivity contribution in [3.63, 3.8) is 0 Å². The van der Waals surface area contributed by atoms with Gasteiger partial charge in [-0.25, -0.2) is 8.78 Å². The number of rotatable bonds is 1. The van der Waals surface area contributed by atoms with Crippen molar-refractivity contribution in [3.05, 3.63) is 24.5 Å². The van der Waals surface area contributed by atoms with Gasteiger partial charge in [0.1, 0.15) is 0 Å². The van der Waals surface area contributed by atoms with Crippen LogP contribution < -0.4 is 0 Å². The highest BCUT2D eigenvalue weighted by atomic mass is 19.3. The fourth-order valence-electron chi connectivity index (χ4n) is 1.43. The van der Waals surface area contributed by atoms with Gasteiger partial charge >= 0.3 is 0 Å². The molecule has 0 saturated heterocycles. The monoisotopic (exact) mass is 157 g/mol. The molecule has 0 amide bonds. The molecule has 1 aromatic rings. The molecule has 1 aliphatic carbocycles. The number of alkyl halides is 2. The number of halogens is 2. The van der Waals surface area contributed by atoms with Crippen LogP contribution in [0.4, 0.5) is 8.78 Å². The molecule has 0 radical (unpaired) electrons. The topological polar surface area (TPSA) is 4.93 Å². The van der Waals surface area contributed by atoms with E-state index in [4.69, 9.17) is 0 Å². The number of hydrogen-bond donors (Lipinski definition) is 0. The molecule has 0 spiro atoms. The van der Waals surface area contributed by atoms with Gasteiger partial charge in [0, 0.05) is 31.3 Å². The van der Waals surface area contributed by atoms with Crippen molar-refractivity contribution in [2.75, 3.05) is 0 Å². The van der Waals surface area contributed by atoms with E-state index in [-0.39, 0.29) is 18.9 Å². The molecule has 1 aliphatic rings. The molecule has 2 rings (SSSR count).